The maximum atomic E-state index is 5.34. The van der Waals surface area contributed by atoms with Crippen molar-refractivity contribution in [2.24, 2.45) is 0 Å². The van der Waals surface area contributed by atoms with Crippen LogP contribution >= 0.6 is 0 Å². The number of nitrogens with zero attached hydrogens (tertiary/aromatic N) is 2. The Morgan fingerprint density at radius 3 is 1.64 bits per heavy atom. The van der Waals surface area contributed by atoms with Crippen LogP contribution in [0.4, 0.5) is 0 Å². The first kappa shape index (κ1) is 26.0. The zero-order chi connectivity index (χ0) is 30.9. The number of benzene rings is 8. The molecular formula is C45H28N2. The van der Waals surface area contributed by atoms with E-state index in [0.29, 0.717) is 0 Å². The Morgan fingerprint density at radius 2 is 0.915 bits per heavy atom. The molecule has 0 unspecified atom stereocenters. The molecule has 0 radical (unpaired) electrons. The topological polar surface area (TPSA) is 17.8 Å². The van der Waals surface area contributed by atoms with Crippen LogP contribution in [0.3, 0.4) is 0 Å². The van der Waals surface area contributed by atoms with Gasteiger partial charge in [-0.2, -0.15) is 0 Å². The van der Waals surface area contributed by atoms with Gasteiger partial charge in [0.2, 0.25) is 0 Å². The molecule has 2 heteroatoms. The van der Waals surface area contributed by atoms with Gasteiger partial charge >= 0.3 is 0 Å². The van der Waals surface area contributed by atoms with Gasteiger partial charge in [0, 0.05) is 16.2 Å². The summed E-state index contributed by atoms with van der Waals surface area (Å²) in [4.78, 5) is 5.34. The Labute approximate surface area is 271 Å². The number of hydrogen-bond acceptors (Lipinski definition) is 1. The molecule has 0 saturated carbocycles. The molecule has 0 bridgehead atoms. The Hall–Kier alpha value is -6.25. The lowest BCUT2D eigenvalue weighted by Gasteiger charge is -2.14. The molecule has 0 aliphatic rings. The maximum absolute atomic E-state index is 5.34. The van der Waals surface area contributed by atoms with Crippen molar-refractivity contribution in [3.63, 3.8) is 0 Å². The van der Waals surface area contributed by atoms with Gasteiger partial charge in [-0.05, 0) is 91.0 Å². The zero-order valence-electron chi connectivity index (χ0n) is 25.6. The number of aromatic nitrogens is 2. The second-order valence-corrected chi connectivity index (χ2v) is 12.4. The summed E-state index contributed by atoms with van der Waals surface area (Å²) in [5.74, 6) is 0.917. The summed E-state index contributed by atoms with van der Waals surface area (Å²) in [5.41, 5.74) is 8.06. The first-order valence-electron chi connectivity index (χ1n) is 16.1. The van der Waals surface area contributed by atoms with Crippen LogP contribution in [0.1, 0.15) is 0 Å². The summed E-state index contributed by atoms with van der Waals surface area (Å²) < 4.78 is 2.37. The van der Waals surface area contributed by atoms with Crippen LogP contribution in [0.5, 0.6) is 0 Å². The van der Waals surface area contributed by atoms with E-state index in [4.69, 9.17) is 4.98 Å². The molecule has 8 aromatic carbocycles. The second-order valence-electron chi connectivity index (χ2n) is 12.4. The molecule has 2 heterocycles. The highest BCUT2D eigenvalue weighted by Gasteiger charge is 2.19. The minimum atomic E-state index is 0.917. The van der Waals surface area contributed by atoms with E-state index in [1.807, 2.05) is 0 Å². The van der Waals surface area contributed by atoms with Crippen LogP contribution in [-0.2, 0) is 0 Å². The van der Waals surface area contributed by atoms with Gasteiger partial charge in [-0.3, -0.25) is 4.57 Å². The van der Waals surface area contributed by atoms with E-state index in [-0.39, 0.29) is 0 Å². The van der Waals surface area contributed by atoms with Gasteiger partial charge in [-0.25, -0.2) is 4.98 Å². The summed E-state index contributed by atoms with van der Waals surface area (Å²) in [7, 11) is 0. The molecule has 0 fully saturated rings. The second kappa shape index (κ2) is 10.1. The van der Waals surface area contributed by atoms with Crippen molar-refractivity contribution in [3.8, 4) is 28.1 Å². The fourth-order valence-electron chi connectivity index (χ4n) is 7.54. The molecule has 47 heavy (non-hydrogen) atoms. The van der Waals surface area contributed by atoms with Crippen molar-refractivity contribution in [2.75, 3.05) is 0 Å². The summed E-state index contributed by atoms with van der Waals surface area (Å²) in [6, 6.07) is 61.5. The molecule has 0 spiro atoms. The normalized spacial score (nSPS) is 11.8. The van der Waals surface area contributed by atoms with E-state index < -0.39 is 0 Å². The van der Waals surface area contributed by atoms with E-state index >= 15 is 0 Å². The zero-order valence-corrected chi connectivity index (χ0v) is 25.6. The molecule has 10 aromatic rings. The highest BCUT2D eigenvalue weighted by Crippen LogP contribution is 2.41. The van der Waals surface area contributed by atoms with Crippen LogP contribution in [0, 0.1) is 0 Å². The van der Waals surface area contributed by atoms with Gasteiger partial charge in [0.25, 0.3) is 0 Å². The maximum Gasteiger partial charge on any atom is 0.138 e. The lowest BCUT2D eigenvalue weighted by molar-refractivity contribution is 1.10. The highest BCUT2D eigenvalue weighted by atomic mass is 15.1. The fourth-order valence-corrected chi connectivity index (χ4v) is 7.54. The Kier molecular flexibility index (Phi) is 5.61. The van der Waals surface area contributed by atoms with E-state index in [1.165, 1.54) is 65.3 Å². The molecule has 0 amide bonds. The molecule has 2 nitrogen and oxygen atoms in total. The number of fused-ring (bicyclic) bond motifs is 9. The first-order valence-corrected chi connectivity index (χ1v) is 16.1. The molecule has 0 saturated heterocycles. The average molecular weight is 597 g/mol. The number of hydrogen-bond donors (Lipinski definition) is 0. The molecule has 0 aliphatic carbocycles. The van der Waals surface area contributed by atoms with Crippen LogP contribution in [0.25, 0.3) is 93.1 Å². The van der Waals surface area contributed by atoms with Gasteiger partial charge in [-0.1, -0.05) is 133 Å². The van der Waals surface area contributed by atoms with Gasteiger partial charge in [-0.15, -0.1) is 0 Å². The summed E-state index contributed by atoms with van der Waals surface area (Å²) >= 11 is 0. The largest absolute Gasteiger partial charge is 0.294 e. The molecule has 0 aliphatic heterocycles. The Balaban J connectivity index is 1.26. The lowest BCUT2D eigenvalue weighted by atomic mass is 9.95. The number of pyridine rings is 1. The van der Waals surface area contributed by atoms with Gasteiger partial charge in [0.1, 0.15) is 5.82 Å². The van der Waals surface area contributed by atoms with Crippen molar-refractivity contribution in [1.82, 2.24) is 9.55 Å². The quantitative estimate of drug-likeness (QED) is 0.198. The van der Waals surface area contributed by atoms with Crippen molar-refractivity contribution in [2.45, 2.75) is 0 Å². The highest BCUT2D eigenvalue weighted by molar-refractivity contribution is 6.28. The van der Waals surface area contributed by atoms with Crippen LogP contribution < -0.4 is 0 Å². The summed E-state index contributed by atoms with van der Waals surface area (Å²) in [5, 5.41) is 11.2. The predicted molar refractivity (Wildman–Crippen MR) is 199 cm³/mol. The van der Waals surface area contributed by atoms with E-state index in [1.54, 1.807) is 0 Å². The smallest absolute Gasteiger partial charge is 0.138 e. The van der Waals surface area contributed by atoms with Gasteiger partial charge in [0.15, 0.2) is 0 Å². The van der Waals surface area contributed by atoms with Crippen LogP contribution in [-0.4, -0.2) is 9.55 Å². The first-order chi connectivity index (χ1) is 23.3. The standard InChI is InChI=1S/C45H28N2/c1-2-13-32-26-34(21-20-29(32)10-1)33-14-9-15-35(27-33)39-28-43(46-40-19-8-7-18-38(39)40)47-41-24-22-30-11-3-5-16-36(30)44(41)45-37-17-6-4-12-31(37)23-25-42(45)47/h1-28H. The Morgan fingerprint density at radius 1 is 0.362 bits per heavy atom. The minimum absolute atomic E-state index is 0.917. The van der Waals surface area contributed by atoms with E-state index in [2.05, 4.69) is 174 Å². The van der Waals surface area contributed by atoms with Crippen molar-refractivity contribution in [3.05, 3.63) is 170 Å². The van der Waals surface area contributed by atoms with Crippen molar-refractivity contribution < 1.29 is 0 Å². The molecule has 10 rings (SSSR count). The van der Waals surface area contributed by atoms with Crippen molar-refractivity contribution >= 4 is 65.0 Å². The predicted octanol–water partition coefficient (Wildman–Crippen LogP) is 12.1. The summed E-state index contributed by atoms with van der Waals surface area (Å²) in [6.07, 6.45) is 0. The third-order valence-electron chi connectivity index (χ3n) is 9.73. The summed E-state index contributed by atoms with van der Waals surface area (Å²) in [6.45, 7) is 0. The van der Waals surface area contributed by atoms with E-state index in [0.717, 1.165) is 27.8 Å². The SMILES string of the molecule is c1cc(-c2ccc3ccccc3c2)cc(-c2cc(-n3c4ccc5ccccc5c4c4c5ccccc5ccc43)nc3ccccc23)c1. The molecule has 0 atom stereocenters. The molecular weight excluding hydrogens is 569 g/mol. The molecule has 0 N–H and O–H groups in total. The van der Waals surface area contributed by atoms with Crippen LogP contribution in [0.2, 0.25) is 0 Å². The monoisotopic (exact) mass is 596 g/mol. The van der Waals surface area contributed by atoms with Gasteiger partial charge in [0.05, 0.1) is 16.6 Å². The average Bonchev–Trinajstić information content (AvgIpc) is 3.50. The Bertz CT molecular complexity index is 2760. The molecule has 218 valence electrons. The minimum Gasteiger partial charge on any atom is -0.294 e. The third kappa shape index (κ3) is 4.02. The van der Waals surface area contributed by atoms with E-state index in [9.17, 15) is 0 Å². The van der Waals surface area contributed by atoms with Crippen molar-refractivity contribution in [1.29, 1.82) is 0 Å². The van der Waals surface area contributed by atoms with Gasteiger partial charge < -0.3 is 0 Å². The number of para-hydroxylation sites is 1. The lowest BCUT2D eigenvalue weighted by Crippen LogP contribution is -1.99. The van der Waals surface area contributed by atoms with Crippen LogP contribution in [0.15, 0.2) is 170 Å². The third-order valence-corrected chi connectivity index (χ3v) is 9.73. The fraction of sp³-hybridized carbons (Fsp3) is 0. The molecule has 2 aromatic heterocycles. The number of rotatable bonds is 3.